The van der Waals surface area contributed by atoms with Gasteiger partial charge in [-0.15, -0.1) is 0 Å². The Kier molecular flexibility index (Phi) is 2.76. The summed E-state index contributed by atoms with van der Waals surface area (Å²) in [4.78, 5) is 11.4. The number of aromatic nitrogens is 2. The van der Waals surface area contributed by atoms with Gasteiger partial charge in [0.15, 0.2) is 5.69 Å². The summed E-state index contributed by atoms with van der Waals surface area (Å²) in [5.41, 5.74) is 6.71. The van der Waals surface area contributed by atoms with E-state index >= 15 is 0 Å². The third-order valence-corrected chi connectivity index (χ3v) is 3.38. The second-order valence-electron chi connectivity index (χ2n) is 4.52. The SMILES string of the molecule is NC(=O)c1nn(C2CCOCC2)c2ccccc12. The Bertz CT molecular complexity index is 585. The first-order valence-electron chi connectivity index (χ1n) is 6.12. The zero-order chi connectivity index (χ0) is 12.5. The molecular weight excluding hydrogens is 230 g/mol. The molecule has 0 saturated carbocycles. The first kappa shape index (κ1) is 11.2. The lowest BCUT2D eigenvalue weighted by Crippen LogP contribution is -2.21. The van der Waals surface area contributed by atoms with Gasteiger partial charge in [-0.3, -0.25) is 9.48 Å². The van der Waals surface area contributed by atoms with Crippen LogP contribution in [0.1, 0.15) is 29.4 Å². The van der Waals surface area contributed by atoms with Crippen LogP contribution in [0.4, 0.5) is 0 Å². The quantitative estimate of drug-likeness (QED) is 0.871. The molecule has 1 aromatic carbocycles. The van der Waals surface area contributed by atoms with Crippen molar-refractivity contribution in [1.29, 1.82) is 0 Å². The molecule has 18 heavy (non-hydrogen) atoms. The molecule has 0 aliphatic carbocycles. The van der Waals surface area contributed by atoms with Crippen LogP contribution in [0, 0.1) is 0 Å². The molecule has 2 heterocycles. The van der Waals surface area contributed by atoms with Gasteiger partial charge in [0.2, 0.25) is 0 Å². The number of fused-ring (bicyclic) bond motifs is 1. The Hall–Kier alpha value is -1.88. The Labute approximate surface area is 105 Å². The molecule has 1 aliphatic rings. The monoisotopic (exact) mass is 245 g/mol. The van der Waals surface area contributed by atoms with Crippen LogP contribution in [-0.4, -0.2) is 28.9 Å². The maximum atomic E-state index is 11.4. The van der Waals surface area contributed by atoms with Crippen LogP contribution in [0.15, 0.2) is 24.3 Å². The Morgan fingerprint density at radius 2 is 2.06 bits per heavy atom. The highest BCUT2D eigenvalue weighted by molar-refractivity contribution is 6.04. The van der Waals surface area contributed by atoms with E-state index in [1.807, 2.05) is 28.9 Å². The molecule has 5 nitrogen and oxygen atoms in total. The molecule has 2 aromatic rings. The second-order valence-corrected chi connectivity index (χ2v) is 4.52. The van der Waals surface area contributed by atoms with E-state index in [9.17, 15) is 4.79 Å². The highest BCUT2D eigenvalue weighted by atomic mass is 16.5. The van der Waals surface area contributed by atoms with Gasteiger partial charge in [-0.05, 0) is 18.9 Å². The highest BCUT2D eigenvalue weighted by Crippen LogP contribution is 2.27. The predicted octanol–water partition coefficient (Wildman–Crippen LogP) is 1.49. The number of amides is 1. The van der Waals surface area contributed by atoms with Gasteiger partial charge < -0.3 is 10.5 Å². The molecule has 94 valence electrons. The topological polar surface area (TPSA) is 70.1 Å². The van der Waals surface area contributed by atoms with E-state index in [1.165, 1.54) is 0 Å². The predicted molar refractivity (Wildman–Crippen MR) is 67.3 cm³/mol. The van der Waals surface area contributed by atoms with Gasteiger partial charge in [-0.25, -0.2) is 0 Å². The van der Waals surface area contributed by atoms with E-state index in [-0.39, 0.29) is 6.04 Å². The first-order chi connectivity index (χ1) is 8.77. The number of primary amides is 1. The number of nitrogens with zero attached hydrogens (tertiary/aromatic N) is 2. The minimum Gasteiger partial charge on any atom is -0.381 e. The van der Waals surface area contributed by atoms with Crippen LogP contribution in [-0.2, 0) is 4.74 Å². The molecule has 3 rings (SSSR count). The minimum absolute atomic E-state index is 0.289. The summed E-state index contributed by atoms with van der Waals surface area (Å²) < 4.78 is 7.28. The van der Waals surface area contributed by atoms with Crippen LogP contribution < -0.4 is 5.73 Å². The Morgan fingerprint density at radius 3 is 2.78 bits per heavy atom. The van der Waals surface area contributed by atoms with Crippen LogP contribution in [0.25, 0.3) is 10.9 Å². The van der Waals surface area contributed by atoms with Crippen LogP contribution in [0.3, 0.4) is 0 Å². The number of hydrogen-bond donors (Lipinski definition) is 1. The van der Waals surface area contributed by atoms with E-state index in [4.69, 9.17) is 10.5 Å². The molecule has 1 fully saturated rings. The number of carbonyl (C=O) groups excluding carboxylic acids is 1. The van der Waals surface area contributed by atoms with Crippen molar-refractivity contribution >= 4 is 16.8 Å². The summed E-state index contributed by atoms with van der Waals surface area (Å²) in [7, 11) is 0. The molecule has 5 heteroatoms. The standard InChI is InChI=1S/C13H15N3O2/c14-13(17)12-10-3-1-2-4-11(10)16(15-12)9-5-7-18-8-6-9/h1-4,9H,5-8H2,(H2,14,17). The number of rotatable bonds is 2. The van der Waals surface area contributed by atoms with Gasteiger partial charge in [0.05, 0.1) is 11.6 Å². The molecule has 1 aromatic heterocycles. The summed E-state index contributed by atoms with van der Waals surface area (Å²) in [5, 5.41) is 5.23. The van der Waals surface area contributed by atoms with E-state index in [2.05, 4.69) is 5.10 Å². The van der Waals surface area contributed by atoms with Crippen molar-refractivity contribution in [3.63, 3.8) is 0 Å². The summed E-state index contributed by atoms with van der Waals surface area (Å²) in [6.07, 6.45) is 1.84. The summed E-state index contributed by atoms with van der Waals surface area (Å²) in [5.74, 6) is -0.475. The summed E-state index contributed by atoms with van der Waals surface area (Å²) in [6.45, 7) is 1.48. The van der Waals surface area contributed by atoms with Gasteiger partial charge in [0.1, 0.15) is 0 Å². The summed E-state index contributed by atoms with van der Waals surface area (Å²) >= 11 is 0. The third kappa shape index (κ3) is 1.76. The van der Waals surface area contributed by atoms with Crippen LogP contribution in [0.2, 0.25) is 0 Å². The van der Waals surface area contributed by atoms with Crippen LogP contribution >= 0.6 is 0 Å². The van der Waals surface area contributed by atoms with Crippen molar-refractivity contribution in [3.05, 3.63) is 30.0 Å². The number of hydrogen-bond acceptors (Lipinski definition) is 3. The highest BCUT2D eigenvalue weighted by Gasteiger charge is 2.21. The fourth-order valence-corrected chi connectivity index (χ4v) is 2.48. The molecular formula is C13H15N3O2. The van der Waals surface area contributed by atoms with Gasteiger partial charge in [-0.2, -0.15) is 5.10 Å². The molecule has 0 atom stereocenters. The van der Waals surface area contributed by atoms with Crippen molar-refractivity contribution in [2.24, 2.45) is 5.73 Å². The zero-order valence-corrected chi connectivity index (χ0v) is 10.0. The fraction of sp³-hybridized carbons (Fsp3) is 0.385. The van der Waals surface area contributed by atoms with Gasteiger partial charge in [0.25, 0.3) is 5.91 Å². The van der Waals surface area contributed by atoms with E-state index in [1.54, 1.807) is 0 Å². The van der Waals surface area contributed by atoms with Gasteiger partial charge in [-0.1, -0.05) is 18.2 Å². The number of benzene rings is 1. The van der Waals surface area contributed by atoms with Gasteiger partial charge in [0, 0.05) is 18.6 Å². The number of nitrogens with two attached hydrogens (primary N) is 1. The lowest BCUT2D eigenvalue weighted by Gasteiger charge is -2.23. The van der Waals surface area contributed by atoms with Crippen molar-refractivity contribution in [2.45, 2.75) is 18.9 Å². The van der Waals surface area contributed by atoms with E-state index < -0.39 is 5.91 Å². The molecule has 0 radical (unpaired) electrons. The van der Waals surface area contributed by atoms with Crippen molar-refractivity contribution < 1.29 is 9.53 Å². The molecule has 1 aliphatic heterocycles. The van der Waals surface area contributed by atoms with E-state index in [0.29, 0.717) is 5.69 Å². The molecule has 1 saturated heterocycles. The number of carbonyl (C=O) groups is 1. The van der Waals surface area contributed by atoms with E-state index in [0.717, 1.165) is 37.0 Å². The van der Waals surface area contributed by atoms with Crippen molar-refractivity contribution in [3.8, 4) is 0 Å². The average molecular weight is 245 g/mol. The first-order valence-corrected chi connectivity index (χ1v) is 6.12. The smallest absolute Gasteiger partial charge is 0.269 e. The lowest BCUT2D eigenvalue weighted by molar-refractivity contribution is 0.0673. The van der Waals surface area contributed by atoms with Crippen molar-refractivity contribution in [2.75, 3.05) is 13.2 Å². The van der Waals surface area contributed by atoms with Gasteiger partial charge >= 0.3 is 0 Å². The third-order valence-electron chi connectivity index (χ3n) is 3.38. The second kappa shape index (κ2) is 4.42. The molecule has 1 amide bonds. The van der Waals surface area contributed by atoms with Crippen LogP contribution in [0.5, 0.6) is 0 Å². The Morgan fingerprint density at radius 1 is 1.33 bits per heavy atom. The van der Waals surface area contributed by atoms with Crippen molar-refractivity contribution in [1.82, 2.24) is 9.78 Å². The zero-order valence-electron chi connectivity index (χ0n) is 10.0. The average Bonchev–Trinajstić information content (AvgIpc) is 2.79. The Balaban J connectivity index is 2.13. The molecule has 0 bridgehead atoms. The molecule has 0 unspecified atom stereocenters. The normalized spacial score (nSPS) is 17.1. The molecule has 0 spiro atoms. The lowest BCUT2D eigenvalue weighted by atomic mass is 10.1. The fourth-order valence-electron chi connectivity index (χ4n) is 2.48. The number of para-hydroxylation sites is 1. The summed E-state index contributed by atoms with van der Waals surface area (Å²) in [6, 6.07) is 7.99. The largest absolute Gasteiger partial charge is 0.381 e. The minimum atomic E-state index is -0.475. The number of ether oxygens (including phenoxy) is 1. The molecule has 2 N–H and O–H groups in total. The maximum absolute atomic E-state index is 11.4. The maximum Gasteiger partial charge on any atom is 0.269 e.